The van der Waals surface area contributed by atoms with Crippen LogP contribution in [-0.4, -0.2) is 14.9 Å². The SMILES string of the molecule is CCc1nc(N)cc(Oc2cccc(C)c2[N+](=O)[O-])n1. The van der Waals surface area contributed by atoms with Crippen molar-refractivity contribution in [2.24, 2.45) is 0 Å². The summed E-state index contributed by atoms with van der Waals surface area (Å²) >= 11 is 0. The molecule has 0 saturated heterocycles. The van der Waals surface area contributed by atoms with Gasteiger partial charge in [-0.15, -0.1) is 0 Å². The van der Waals surface area contributed by atoms with Crippen molar-refractivity contribution in [3.63, 3.8) is 0 Å². The number of anilines is 1. The molecular weight excluding hydrogens is 260 g/mol. The number of nitro benzene ring substituents is 1. The molecule has 104 valence electrons. The van der Waals surface area contributed by atoms with Crippen LogP contribution in [0.3, 0.4) is 0 Å². The Morgan fingerprint density at radius 3 is 2.80 bits per heavy atom. The summed E-state index contributed by atoms with van der Waals surface area (Å²) in [6, 6.07) is 6.29. The minimum Gasteiger partial charge on any atom is -0.432 e. The van der Waals surface area contributed by atoms with Crippen LogP contribution in [0.15, 0.2) is 24.3 Å². The summed E-state index contributed by atoms with van der Waals surface area (Å²) < 4.78 is 5.50. The number of nitrogen functional groups attached to an aromatic ring is 1. The molecule has 0 atom stereocenters. The third-order valence-corrected chi connectivity index (χ3v) is 2.68. The normalized spacial score (nSPS) is 10.3. The monoisotopic (exact) mass is 274 g/mol. The Labute approximate surface area is 115 Å². The Bertz CT molecular complexity index is 658. The molecule has 0 amide bonds. The third-order valence-electron chi connectivity index (χ3n) is 2.68. The van der Waals surface area contributed by atoms with E-state index in [9.17, 15) is 10.1 Å². The molecule has 20 heavy (non-hydrogen) atoms. The molecule has 0 spiro atoms. The van der Waals surface area contributed by atoms with Crippen molar-refractivity contribution in [3.05, 3.63) is 45.8 Å². The Morgan fingerprint density at radius 2 is 2.15 bits per heavy atom. The number of benzene rings is 1. The van der Waals surface area contributed by atoms with Crippen molar-refractivity contribution in [2.75, 3.05) is 5.73 Å². The van der Waals surface area contributed by atoms with Gasteiger partial charge in [0.15, 0.2) is 0 Å². The van der Waals surface area contributed by atoms with E-state index in [1.807, 2.05) is 6.92 Å². The minimum atomic E-state index is -0.476. The van der Waals surface area contributed by atoms with E-state index in [-0.39, 0.29) is 23.1 Å². The molecule has 0 aliphatic rings. The van der Waals surface area contributed by atoms with Crippen LogP contribution in [-0.2, 0) is 6.42 Å². The lowest BCUT2D eigenvalue weighted by molar-refractivity contribution is -0.386. The van der Waals surface area contributed by atoms with Crippen LogP contribution in [0, 0.1) is 17.0 Å². The van der Waals surface area contributed by atoms with E-state index in [0.717, 1.165) is 0 Å². The number of hydrogen-bond acceptors (Lipinski definition) is 6. The van der Waals surface area contributed by atoms with Crippen molar-refractivity contribution in [2.45, 2.75) is 20.3 Å². The largest absolute Gasteiger partial charge is 0.432 e. The Kier molecular flexibility index (Phi) is 3.79. The van der Waals surface area contributed by atoms with E-state index >= 15 is 0 Å². The van der Waals surface area contributed by atoms with Crippen LogP contribution in [0.25, 0.3) is 0 Å². The summed E-state index contributed by atoms with van der Waals surface area (Å²) in [6.45, 7) is 3.53. The van der Waals surface area contributed by atoms with Crippen LogP contribution in [0.4, 0.5) is 11.5 Å². The van der Waals surface area contributed by atoms with Gasteiger partial charge in [0.1, 0.15) is 11.6 Å². The zero-order chi connectivity index (χ0) is 14.7. The van der Waals surface area contributed by atoms with Crippen LogP contribution in [0.1, 0.15) is 18.3 Å². The molecular formula is C13H14N4O3. The van der Waals surface area contributed by atoms with Gasteiger partial charge in [0.25, 0.3) is 0 Å². The highest BCUT2D eigenvalue weighted by Gasteiger charge is 2.19. The maximum absolute atomic E-state index is 11.1. The van der Waals surface area contributed by atoms with E-state index < -0.39 is 4.92 Å². The molecule has 0 saturated carbocycles. The number of hydrogen-bond donors (Lipinski definition) is 1. The molecule has 0 aliphatic heterocycles. The molecule has 2 aromatic rings. The van der Waals surface area contributed by atoms with Gasteiger partial charge in [0, 0.05) is 18.1 Å². The number of ether oxygens (including phenoxy) is 1. The third kappa shape index (κ3) is 2.82. The number of aryl methyl sites for hydroxylation is 2. The average molecular weight is 274 g/mol. The molecule has 1 aromatic carbocycles. The lowest BCUT2D eigenvalue weighted by atomic mass is 10.2. The molecule has 1 heterocycles. The number of nitro groups is 1. The van der Waals surface area contributed by atoms with Crippen LogP contribution in [0.2, 0.25) is 0 Å². The maximum Gasteiger partial charge on any atom is 0.314 e. The molecule has 0 unspecified atom stereocenters. The molecule has 0 aliphatic carbocycles. The van der Waals surface area contributed by atoms with Gasteiger partial charge in [0.05, 0.1) is 4.92 Å². The molecule has 7 nitrogen and oxygen atoms in total. The van der Waals surface area contributed by atoms with E-state index in [0.29, 0.717) is 17.8 Å². The van der Waals surface area contributed by atoms with Gasteiger partial charge in [0.2, 0.25) is 11.6 Å². The van der Waals surface area contributed by atoms with Gasteiger partial charge in [-0.1, -0.05) is 19.1 Å². The number of rotatable bonds is 4. The zero-order valence-corrected chi connectivity index (χ0v) is 11.2. The molecule has 0 bridgehead atoms. The summed E-state index contributed by atoms with van der Waals surface area (Å²) in [5.74, 6) is 1.12. The summed E-state index contributed by atoms with van der Waals surface area (Å²) in [5, 5.41) is 11.1. The summed E-state index contributed by atoms with van der Waals surface area (Å²) in [6.07, 6.45) is 0.595. The fourth-order valence-electron chi connectivity index (χ4n) is 1.76. The molecule has 7 heteroatoms. The van der Waals surface area contributed by atoms with Crippen molar-refractivity contribution >= 4 is 11.5 Å². The number of aromatic nitrogens is 2. The summed E-state index contributed by atoms with van der Waals surface area (Å²) in [5.41, 5.74) is 6.09. The lowest BCUT2D eigenvalue weighted by Crippen LogP contribution is -2.02. The molecule has 2 N–H and O–H groups in total. The summed E-state index contributed by atoms with van der Waals surface area (Å²) in [4.78, 5) is 18.8. The second-order valence-electron chi connectivity index (χ2n) is 4.18. The van der Waals surface area contributed by atoms with E-state index in [1.54, 1.807) is 19.1 Å². The Hall–Kier alpha value is -2.70. The quantitative estimate of drug-likeness (QED) is 0.678. The Balaban J connectivity index is 2.42. The highest BCUT2D eigenvalue weighted by atomic mass is 16.6. The first-order valence-corrected chi connectivity index (χ1v) is 6.06. The zero-order valence-electron chi connectivity index (χ0n) is 11.2. The molecule has 2 rings (SSSR count). The van der Waals surface area contributed by atoms with Gasteiger partial charge in [-0.3, -0.25) is 10.1 Å². The predicted octanol–water partition coefficient (Wildman–Crippen LogP) is 2.63. The van der Waals surface area contributed by atoms with Crippen molar-refractivity contribution in [3.8, 4) is 11.6 Å². The Morgan fingerprint density at radius 1 is 1.40 bits per heavy atom. The number of para-hydroxylation sites is 1. The predicted molar refractivity (Wildman–Crippen MR) is 73.7 cm³/mol. The van der Waals surface area contributed by atoms with E-state index in [4.69, 9.17) is 10.5 Å². The van der Waals surface area contributed by atoms with E-state index in [2.05, 4.69) is 9.97 Å². The van der Waals surface area contributed by atoms with Crippen molar-refractivity contribution in [1.82, 2.24) is 9.97 Å². The van der Waals surface area contributed by atoms with Crippen LogP contribution >= 0.6 is 0 Å². The highest BCUT2D eigenvalue weighted by molar-refractivity contribution is 5.53. The highest BCUT2D eigenvalue weighted by Crippen LogP contribution is 2.33. The van der Waals surface area contributed by atoms with Crippen molar-refractivity contribution in [1.29, 1.82) is 0 Å². The fraction of sp³-hybridized carbons (Fsp3) is 0.231. The average Bonchev–Trinajstić information content (AvgIpc) is 2.37. The van der Waals surface area contributed by atoms with E-state index in [1.165, 1.54) is 12.1 Å². The minimum absolute atomic E-state index is 0.0808. The van der Waals surface area contributed by atoms with Gasteiger partial charge < -0.3 is 10.5 Å². The van der Waals surface area contributed by atoms with Crippen LogP contribution < -0.4 is 10.5 Å². The lowest BCUT2D eigenvalue weighted by Gasteiger charge is -2.08. The van der Waals surface area contributed by atoms with Crippen LogP contribution in [0.5, 0.6) is 11.6 Å². The fourth-order valence-corrected chi connectivity index (χ4v) is 1.76. The standard InChI is InChI=1S/C13H14N4O3/c1-3-11-15-10(14)7-12(16-11)20-9-6-4-5-8(2)13(9)17(18)19/h4-7H,3H2,1-2H3,(H2,14,15,16). The first kappa shape index (κ1) is 13.7. The smallest absolute Gasteiger partial charge is 0.314 e. The number of nitrogens with zero attached hydrogens (tertiary/aromatic N) is 3. The topological polar surface area (TPSA) is 104 Å². The first-order valence-electron chi connectivity index (χ1n) is 6.06. The second kappa shape index (κ2) is 5.52. The van der Waals surface area contributed by atoms with Gasteiger partial charge >= 0.3 is 5.69 Å². The summed E-state index contributed by atoms with van der Waals surface area (Å²) in [7, 11) is 0. The van der Waals surface area contributed by atoms with Gasteiger partial charge in [-0.25, -0.2) is 4.98 Å². The molecule has 0 fully saturated rings. The van der Waals surface area contributed by atoms with Gasteiger partial charge in [-0.05, 0) is 13.0 Å². The maximum atomic E-state index is 11.1. The second-order valence-corrected chi connectivity index (χ2v) is 4.18. The van der Waals surface area contributed by atoms with Crippen molar-refractivity contribution < 1.29 is 9.66 Å². The first-order chi connectivity index (χ1) is 9.51. The number of nitrogens with two attached hydrogens (primary N) is 1. The van der Waals surface area contributed by atoms with Gasteiger partial charge in [-0.2, -0.15) is 4.98 Å². The molecule has 1 aromatic heterocycles. The molecule has 0 radical (unpaired) electrons.